The first-order valence-corrected chi connectivity index (χ1v) is 8.66. The van der Waals surface area contributed by atoms with Crippen molar-refractivity contribution in [1.82, 2.24) is 0 Å². The Balaban J connectivity index is 1.95. The normalized spacial score (nSPS) is 12.8. The van der Waals surface area contributed by atoms with Crippen LogP contribution in [0.15, 0.2) is 58.5 Å². The van der Waals surface area contributed by atoms with Crippen LogP contribution in [0, 0.1) is 10.4 Å². The van der Waals surface area contributed by atoms with Gasteiger partial charge in [0.15, 0.2) is 0 Å². The van der Waals surface area contributed by atoms with Crippen LogP contribution in [0.3, 0.4) is 0 Å². The van der Waals surface area contributed by atoms with E-state index in [1.54, 1.807) is 0 Å². The van der Waals surface area contributed by atoms with Gasteiger partial charge in [-0.2, -0.15) is 0 Å². The molecule has 2 aliphatic heterocycles. The van der Waals surface area contributed by atoms with Crippen LogP contribution in [0.1, 0.15) is 25.0 Å². The van der Waals surface area contributed by atoms with E-state index in [9.17, 15) is 0 Å². The van der Waals surface area contributed by atoms with Crippen LogP contribution >= 0.6 is 0 Å². The number of aryl methyl sites for hydroxylation is 1. The molecule has 2 heterocycles. The fourth-order valence-electron chi connectivity index (χ4n) is 4.09. The molecule has 2 aliphatic rings. The lowest BCUT2D eigenvalue weighted by Gasteiger charge is -2.13. The highest BCUT2D eigenvalue weighted by Gasteiger charge is 2.23. The van der Waals surface area contributed by atoms with Crippen molar-refractivity contribution in [3.8, 4) is 11.1 Å². The van der Waals surface area contributed by atoms with Crippen LogP contribution in [0.25, 0.3) is 11.1 Å². The largest absolute Gasteiger partial charge is 0.248 e. The number of benzene rings is 3. The molecule has 5 rings (SSSR count). The SMILES string of the molecule is CCc1ccc2c(c1CC)-c1c3c(ccc1=N2)=c1ccccc1=N3. The molecule has 0 aliphatic carbocycles. The molecule has 0 amide bonds. The van der Waals surface area contributed by atoms with E-state index in [1.165, 1.54) is 32.7 Å². The highest BCUT2D eigenvalue weighted by atomic mass is 14.8. The van der Waals surface area contributed by atoms with E-state index < -0.39 is 0 Å². The van der Waals surface area contributed by atoms with E-state index in [0.29, 0.717) is 0 Å². The standard InChI is InChI=1S/C22H18N2/c1-3-13-9-11-18-20(14(13)4-2)21-19(23-18)12-10-16-15-7-5-6-8-17(15)24-22(16)21/h5-12H,3-4H2,1-2H3. The Morgan fingerprint density at radius 3 is 2.42 bits per heavy atom. The van der Waals surface area contributed by atoms with Gasteiger partial charge in [-0.3, -0.25) is 0 Å². The molecule has 3 aromatic rings. The number of hydrogen-bond acceptors (Lipinski definition) is 2. The molecule has 0 fully saturated rings. The van der Waals surface area contributed by atoms with Gasteiger partial charge in [0, 0.05) is 21.6 Å². The van der Waals surface area contributed by atoms with Crippen LogP contribution < -0.4 is 10.7 Å². The Bertz CT molecular complexity index is 1220. The summed E-state index contributed by atoms with van der Waals surface area (Å²) >= 11 is 0. The molecule has 2 nitrogen and oxygen atoms in total. The molecule has 116 valence electrons. The van der Waals surface area contributed by atoms with E-state index in [4.69, 9.17) is 9.98 Å². The summed E-state index contributed by atoms with van der Waals surface area (Å²) in [5.41, 5.74) is 7.58. The minimum Gasteiger partial charge on any atom is -0.248 e. The minimum absolute atomic E-state index is 1.03. The minimum atomic E-state index is 1.03. The number of para-hydroxylation sites is 1. The molecule has 3 aromatic carbocycles. The molecule has 0 spiro atoms. The molecule has 0 atom stereocenters. The first kappa shape index (κ1) is 13.7. The first-order chi connectivity index (χ1) is 11.8. The zero-order valence-corrected chi connectivity index (χ0v) is 13.9. The number of hydrogen-bond donors (Lipinski definition) is 0. The summed E-state index contributed by atoms with van der Waals surface area (Å²) in [5, 5.41) is 4.59. The van der Waals surface area contributed by atoms with Gasteiger partial charge in [0.1, 0.15) is 0 Å². The van der Waals surface area contributed by atoms with Gasteiger partial charge in [-0.15, -0.1) is 0 Å². The van der Waals surface area contributed by atoms with Crippen LogP contribution in [0.2, 0.25) is 0 Å². The predicted octanol–water partition coefficient (Wildman–Crippen LogP) is 4.29. The molecule has 0 bridgehead atoms. The third-order valence-electron chi connectivity index (χ3n) is 5.20. The molecule has 2 heteroatoms. The lowest BCUT2D eigenvalue weighted by molar-refractivity contribution is 1.04. The molecule has 0 saturated carbocycles. The van der Waals surface area contributed by atoms with Crippen molar-refractivity contribution >= 4 is 11.4 Å². The van der Waals surface area contributed by atoms with Crippen molar-refractivity contribution in [1.29, 1.82) is 0 Å². The summed E-state index contributed by atoms with van der Waals surface area (Å²) in [7, 11) is 0. The number of nitrogens with zero attached hydrogens (tertiary/aromatic N) is 2. The van der Waals surface area contributed by atoms with E-state index in [-0.39, 0.29) is 0 Å². The van der Waals surface area contributed by atoms with Crippen molar-refractivity contribution in [2.24, 2.45) is 9.98 Å². The van der Waals surface area contributed by atoms with Crippen LogP contribution in [0.5, 0.6) is 0 Å². The average Bonchev–Trinajstić information content (AvgIpc) is 3.18. The van der Waals surface area contributed by atoms with Gasteiger partial charge in [-0.05, 0) is 48.2 Å². The molecule has 0 unspecified atom stereocenters. The van der Waals surface area contributed by atoms with E-state index in [0.717, 1.165) is 34.9 Å². The lowest BCUT2D eigenvalue weighted by atomic mass is 9.91. The average molecular weight is 310 g/mol. The van der Waals surface area contributed by atoms with E-state index in [2.05, 4.69) is 62.4 Å². The smallest absolute Gasteiger partial charge is 0.0817 e. The van der Waals surface area contributed by atoms with Crippen LogP contribution in [0.4, 0.5) is 11.4 Å². The fraction of sp³-hybridized carbons (Fsp3) is 0.182. The summed E-state index contributed by atoms with van der Waals surface area (Å²) < 4.78 is 0. The Morgan fingerprint density at radius 1 is 0.708 bits per heavy atom. The quantitative estimate of drug-likeness (QED) is 0.464. The lowest BCUT2D eigenvalue weighted by Crippen LogP contribution is -2.02. The van der Waals surface area contributed by atoms with Crippen LogP contribution in [-0.4, -0.2) is 0 Å². The monoisotopic (exact) mass is 310 g/mol. The van der Waals surface area contributed by atoms with Gasteiger partial charge in [0.05, 0.1) is 22.1 Å². The van der Waals surface area contributed by atoms with Gasteiger partial charge in [0.25, 0.3) is 0 Å². The van der Waals surface area contributed by atoms with Crippen molar-refractivity contribution in [3.63, 3.8) is 0 Å². The topological polar surface area (TPSA) is 24.7 Å². The number of fused-ring (bicyclic) bond motifs is 6. The highest BCUT2D eigenvalue weighted by Crippen LogP contribution is 2.43. The molecule has 24 heavy (non-hydrogen) atoms. The summed E-state index contributed by atoms with van der Waals surface area (Å²) in [6, 6.07) is 17.1. The summed E-state index contributed by atoms with van der Waals surface area (Å²) in [5.74, 6) is 0. The molecule has 0 N–H and O–H groups in total. The zero-order chi connectivity index (χ0) is 16.3. The van der Waals surface area contributed by atoms with Crippen molar-refractivity contribution in [2.75, 3.05) is 0 Å². The van der Waals surface area contributed by atoms with Crippen LogP contribution in [-0.2, 0) is 12.8 Å². The second-order valence-corrected chi connectivity index (χ2v) is 6.40. The molecular formula is C22H18N2. The van der Waals surface area contributed by atoms with E-state index in [1.807, 2.05) is 0 Å². The first-order valence-electron chi connectivity index (χ1n) is 8.66. The molecule has 0 aromatic heterocycles. The Labute approximate surface area is 140 Å². The molecular weight excluding hydrogens is 292 g/mol. The van der Waals surface area contributed by atoms with Gasteiger partial charge < -0.3 is 0 Å². The molecule has 0 saturated heterocycles. The van der Waals surface area contributed by atoms with Gasteiger partial charge >= 0.3 is 0 Å². The summed E-state index contributed by atoms with van der Waals surface area (Å²) in [4.78, 5) is 9.84. The third kappa shape index (κ3) is 1.66. The fourth-order valence-corrected chi connectivity index (χ4v) is 4.09. The summed E-state index contributed by atoms with van der Waals surface area (Å²) in [6.45, 7) is 4.46. The number of rotatable bonds is 2. The second-order valence-electron chi connectivity index (χ2n) is 6.40. The predicted molar refractivity (Wildman–Crippen MR) is 96.4 cm³/mol. The van der Waals surface area contributed by atoms with Crippen molar-refractivity contribution < 1.29 is 0 Å². The maximum absolute atomic E-state index is 4.96. The maximum atomic E-state index is 4.96. The Morgan fingerprint density at radius 2 is 1.58 bits per heavy atom. The van der Waals surface area contributed by atoms with Gasteiger partial charge in [-0.1, -0.05) is 38.1 Å². The summed E-state index contributed by atoms with van der Waals surface area (Å²) in [6.07, 6.45) is 2.08. The van der Waals surface area contributed by atoms with Crippen molar-refractivity contribution in [3.05, 3.63) is 80.8 Å². The van der Waals surface area contributed by atoms with E-state index >= 15 is 0 Å². The zero-order valence-electron chi connectivity index (χ0n) is 13.9. The maximum Gasteiger partial charge on any atom is 0.0817 e. The Kier molecular flexibility index (Phi) is 2.78. The van der Waals surface area contributed by atoms with Gasteiger partial charge in [0.2, 0.25) is 0 Å². The third-order valence-corrected chi connectivity index (χ3v) is 5.20. The second kappa shape index (κ2) is 4.88. The van der Waals surface area contributed by atoms with Gasteiger partial charge in [-0.25, -0.2) is 9.98 Å². The molecule has 0 radical (unpaired) electrons. The highest BCUT2D eigenvalue weighted by molar-refractivity contribution is 5.89. The van der Waals surface area contributed by atoms with Crippen molar-refractivity contribution in [2.45, 2.75) is 26.7 Å². The Hall–Kier alpha value is -2.74.